The zero-order chi connectivity index (χ0) is 12.3. The number of halogens is 1. The number of hydrogen-bond acceptors (Lipinski definition) is 5. The van der Waals surface area contributed by atoms with Gasteiger partial charge in [-0.2, -0.15) is 0 Å². The van der Waals surface area contributed by atoms with Gasteiger partial charge in [0.25, 0.3) is 0 Å². The zero-order valence-corrected chi connectivity index (χ0v) is 11.8. The summed E-state index contributed by atoms with van der Waals surface area (Å²) in [4.78, 5) is 12.8. The lowest BCUT2D eigenvalue weighted by Gasteiger charge is -2.29. The molecule has 6 nitrogen and oxygen atoms in total. The van der Waals surface area contributed by atoms with E-state index in [1.807, 2.05) is 0 Å². The molecular weight excluding hydrogens is 256 g/mol. The van der Waals surface area contributed by atoms with Crippen molar-refractivity contribution in [3.8, 4) is 12.0 Å². The molecule has 0 unspecified atom stereocenters. The van der Waals surface area contributed by atoms with Crippen LogP contribution in [0.3, 0.4) is 0 Å². The van der Waals surface area contributed by atoms with Gasteiger partial charge in [-0.05, 0) is 6.92 Å². The number of quaternary nitrogens is 1. The molecule has 2 heterocycles. The van der Waals surface area contributed by atoms with Crippen LogP contribution in [-0.2, 0) is 0 Å². The highest BCUT2D eigenvalue weighted by molar-refractivity contribution is 5.29. The second kappa shape index (κ2) is 6.15. The second-order valence-electron chi connectivity index (χ2n) is 4.22. The Balaban J connectivity index is 0.00000162. The second-order valence-corrected chi connectivity index (χ2v) is 4.22. The van der Waals surface area contributed by atoms with Crippen molar-refractivity contribution in [3.63, 3.8) is 0 Å². The fourth-order valence-corrected chi connectivity index (χ4v) is 2.32. The van der Waals surface area contributed by atoms with Crippen molar-refractivity contribution >= 4 is 5.95 Å². The highest BCUT2D eigenvalue weighted by atomic mass is 35.5. The van der Waals surface area contributed by atoms with Crippen molar-refractivity contribution < 1.29 is 21.9 Å². The summed E-state index contributed by atoms with van der Waals surface area (Å²) in [6.07, 6.45) is 2.42. The van der Waals surface area contributed by atoms with Gasteiger partial charge in [0.2, 0.25) is 0 Å². The molecule has 0 amide bonds. The minimum absolute atomic E-state index is 0. The first-order valence-electron chi connectivity index (χ1n) is 5.95. The molecule has 7 heteroatoms. The van der Waals surface area contributed by atoms with Crippen molar-refractivity contribution in [2.24, 2.45) is 0 Å². The van der Waals surface area contributed by atoms with Gasteiger partial charge in [0, 0.05) is 12.8 Å². The van der Waals surface area contributed by atoms with Crippen molar-refractivity contribution in [1.82, 2.24) is 19.4 Å². The minimum atomic E-state index is 0. The summed E-state index contributed by atoms with van der Waals surface area (Å²) in [7, 11) is 3.11. The van der Waals surface area contributed by atoms with E-state index in [0.29, 0.717) is 12.0 Å². The van der Waals surface area contributed by atoms with Crippen molar-refractivity contribution in [2.45, 2.75) is 19.8 Å². The van der Waals surface area contributed by atoms with Crippen LogP contribution in [0.25, 0.3) is 0 Å². The molecule has 1 saturated heterocycles. The quantitative estimate of drug-likeness (QED) is 0.596. The Labute approximate surface area is 113 Å². The molecule has 1 aliphatic rings. The first-order valence-corrected chi connectivity index (χ1v) is 5.95. The zero-order valence-electron chi connectivity index (χ0n) is 11.0. The number of aromatic nitrogens is 3. The van der Waals surface area contributed by atoms with Crippen LogP contribution < -0.4 is 26.4 Å². The molecule has 2 rings (SSSR count). The Morgan fingerprint density at radius 3 is 1.89 bits per heavy atom. The summed E-state index contributed by atoms with van der Waals surface area (Å²) in [6.45, 7) is 5.30. The highest BCUT2D eigenvalue weighted by Gasteiger charge is 2.36. The predicted octanol–water partition coefficient (Wildman–Crippen LogP) is -1.99. The molecule has 0 bridgehead atoms. The van der Waals surface area contributed by atoms with Crippen molar-refractivity contribution in [3.05, 3.63) is 0 Å². The third kappa shape index (κ3) is 2.64. The average molecular weight is 275 g/mol. The van der Waals surface area contributed by atoms with Crippen LogP contribution in [0.2, 0.25) is 0 Å². The third-order valence-electron chi connectivity index (χ3n) is 3.40. The molecule has 0 aliphatic carbocycles. The SMILES string of the molecule is CC[N+]1(c2nc(OC)nc(OC)n2)CCCC1.[Cl-]. The van der Waals surface area contributed by atoms with E-state index in [1.54, 1.807) is 14.2 Å². The molecule has 1 fully saturated rings. The highest BCUT2D eigenvalue weighted by Crippen LogP contribution is 2.27. The minimum Gasteiger partial charge on any atom is -1.00 e. The Bertz CT molecular complexity index is 374. The molecular formula is C11H19ClN4O2. The average Bonchev–Trinajstić information content (AvgIpc) is 2.88. The molecule has 0 N–H and O–H groups in total. The first kappa shape index (κ1) is 14.9. The smallest absolute Gasteiger partial charge is 0.338 e. The Morgan fingerprint density at radius 1 is 1.00 bits per heavy atom. The molecule has 102 valence electrons. The molecule has 0 spiro atoms. The van der Waals surface area contributed by atoms with Crippen molar-refractivity contribution in [1.29, 1.82) is 0 Å². The van der Waals surface area contributed by atoms with Gasteiger partial charge in [-0.1, -0.05) is 0 Å². The molecule has 18 heavy (non-hydrogen) atoms. The van der Waals surface area contributed by atoms with E-state index in [2.05, 4.69) is 21.9 Å². The number of methoxy groups -OCH3 is 2. The number of nitrogens with zero attached hydrogens (tertiary/aromatic N) is 4. The summed E-state index contributed by atoms with van der Waals surface area (Å²) in [5.74, 6) is 0.758. The van der Waals surface area contributed by atoms with E-state index in [4.69, 9.17) is 9.47 Å². The predicted molar refractivity (Wildman–Crippen MR) is 64.2 cm³/mol. The van der Waals surface area contributed by atoms with Gasteiger partial charge < -0.3 is 21.9 Å². The summed E-state index contributed by atoms with van der Waals surface area (Å²) in [5, 5.41) is 0. The topological polar surface area (TPSA) is 57.1 Å². The van der Waals surface area contributed by atoms with Gasteiger partial charge in [0.05, 0.1) is 33.9 Å². The van der Waals surface area contributed by atoms with E-state index in [-0.39, 0.29) is 12.4 Å². The van der Waals surface area contributed by atoms with Crippen LogP contribution >= 0.6 is 0 Å². The molecule has 0 radical (unpaired) electrons. The summed E-state index contributed by atoms with van der Waals surface area (Å²) in [5.41, 5.74) is 0. The van der Waals surface area contributed by atoms with Gasteiger partial charge in [-0.15, -0.1) is 15.0 Å². The Kier molecular flexibility index (Phi) is 5.10. The van der Waals surface area contributed by atoms with Crippen LogP contribution in [0.15, 0.2) is 0 Å². The number of likely N-dealkylation sites (tertiary alicyclic amines) is 1. The lowest BCUT2D eigenvalue weighted by Crippen LogP contribution is -3.00. The standard InChI is InChI=1S/C11H19N4O2.ClH/c1-4-15(7-5-6-8-15)9-12-10(16-2)14-11(13-9)17-3;/h4-8H2,1-3H3;1H/q+1;/p-1. The van der Waals surface area contributed by atoms with Crippen LogP contribution in [-0.4, -0.2) is 48.8 Å². The lowest BCUT2D eigenvalue weighted by atomic mass is 10.4. The largest absolute Gasteiger partial charge is 1.00 e. The third-order valence-corrected chi connectivity index (χ3v) is 3.40. The fraction of sp³-hybridized carbons (Fsp3) is 0.727. The summed E-state index contributed by atoms with van der Waals surface area (Å²) < 4.78 is 11.0. The van der Waals surface area contributed by atoms with Crippen LogP contribution in [0, 0.1) is 0 Å². The van der Waals surface area contributed by atoms with E-state index >= 15 is 0 Å². The van der Waals surface area contributed by atoms with Gasteiger partial charge in [0.15, 0.2) is 0 Å². The van der Waals surface area contributed by atoms with Gasteiger partial charge in [-0.3, -0.25) is 4.48 Å². The number of rotatable bonds is 4. The molecule has 1 aromatic heterocycles. The first-order chi connectivity index (χ1) is 8.24. The van der Waals surface area contributed by atoms with Gasteiger partial charge >= 0.3 is 18.0 Å². The van der Waals surface area contributed by atoms with E-state index < -0.39 is 0 Å². The fourth-order valence-electron chi connectivity index (χ4n) is 2.32. The molecule has 1 aromatic rings. The monoisotopic (exact) mass is 274 g/mol. The molecule has 1 aliphatic heterocycles. The molecule has 0 saturated carbocycles. The maximum Gasteiger partial charge on any atom is 0.338 e. The van der Waals surface area contributed by atoms with E-state index in [1.165, 1.54) is 12.8 Å². The Hall–Kier alpha value is -1.14. The van der Waals surface area contributed by atoms with Crippen LogP contribution in [0.4, 0.5) is 5.95 Å². The lowest BCUT2D eigenvalue weighted by molar-refractivity contribution is -0.00000494. The van der Waals surface area contributed by atoms with Gasteiger partial charge in [0.1, 0.15) is 0 Å². The summed E-state index contributed by atoms with van der Waals surface area (Å²) in [6, 6.07) is 0.648. The number of ether oxygens (including phenoxy) is 2. The summed E-state index contributed by atoms with van der Waals surface area (Å²) >= 11 is 0. The van der Waals surface area contributed by atoms with E-state index in [0.717, 1.165) is 30.1 Å². The Morgan fingerprint density at radius 2 is 1.50 bits per heavy atom. The van der Waals surface area contributed by atoms with Crippen LogP contribution in [0.1, 0.15) is 19.8 Å². The maximum absolute atomic E-state index is 5.09. The van der Waals surface area contributed by atoms with Gasteiger partial charge in [-0.25, -0.2) is 0 Å². The molecule has 0 atom stereocenters. The normalized spacial score (nSPS) is 17.1. The molecule has 0 aromatic carbocycles. The van der Waals surface area contributed by atoms with E-state index in [9.17, 15) is 0 Å². The maximum atomic E-state index is 5.09. The number of hydrogen-bond donors (Lipinski definition) is 0. The van der Waals surface area contributed by atoms with Crippen LogP contribution in [0.5, 0.6) is 12.0 Å². The van der Waals surface area contributed by atoms with Crippen molar-refractivity contribution in [2.75, 3.05) is 33.9 Å².